The van der Waals surface area contributed by atoms with Crippen molar-refractivity contribution in [3.05, 3.63) is 11.6 Å². The number of rotatable bonds is 3. The summed E-state index contributed by atoms with van der Waals surface area (Å²) in [5.74, 6) is -0.422. The Hall–Kier alpha value is -1.52. The fourth-order valence-electron chi connectivity index (χ4n) is 1.36. The summed E-state index contributed by atoms with van der Waals surface area (Å²) in [5.41, 5.74) is -0.819. The molecule has 0 rings (SSSR count). The van der Waals surface area contributed by atoms with E-state index in [0.29, 0.717) is 5.57 Å². The Morgan fingerprint density at radius 1 is 1.11 bits per heavy atom. The largest absolute Gasteiger partial charge is 0.466 e. The molecule has 0 saturated heterocycles. The molecule has 0 bridgehead atoms. The van der Waals surface area contributed by atoms with Gasteiger partial charge in [0.25, 0.3) is 0 Å². The van der Waals surface area contributed by atoms with E-state index in [9.17, 15) is 9.59 Å². The van der Waals surface area contributed by atoms with Crippen LogP contribution in [0.15, 0.2) is 11.6 Å². The van der Waals surface area contributed by atoms with Crippen LogP contribution in [-0.4, -0.2) is 30.3 Å². The van der Waals surface area contributed by atoms with Crippen LogP contribution in [0, 0.1) is 0 Å². The molecule has 5 heteroatoms. The fourth-order valence-corrected chi connectivity index (χ4v) is 1.36. The van der Waals surface area contributed by atoms with Crippen molar-refractivity contribution < 1.29 is 19.1 Å². The van der Waals surface area contributed by atoms with E-state index >= 15 is 0 Å². The van der Waals surface area contributed by atoms with Gasteiger partial charge in [0.05, 0.1) is 12.6 Å². The minimum absolute atomic E-state index is 0.422. The predicted molar refractivity (Wildman–Crippen MR) is 69.2 cm³/mol. The smallest absolute Gasteiger partial charge is 0.408 e. The lowest BCUT2D eigenvalue weighted by Gasteiger charge is -2.26. The van der Waals surface area contributed by atoms with Crippen molar-refractivity contribution >= 4 is 12.1 Å². The van der Waals surface area contributed by atoms with Crippen LogP contribution in [0.5, 0.6) is 0 Å². The third-order valence-electron chi connectivity index (χ3n) is 1.91. The summed E-state index contributed by atoms with van der Waals surface area (Å²) in [6.45, 7) is 10.5. The van der Waals surface area contributed by atoms with Gasteiger partial charge in [0.1, 0.15) is 5.60 Å². The van der Waals surface area contributed by atoms with Gasteiger partial charge >= 0.3 is 12.1 Å². The molecule has 0 aliphatic carbocycles. The molecule has 0 saturated carbocycles. The molecule has 0 aliphatic heterocycles. The molecule has 0 aromatic rings. The number of ether oxygens (including phenoxy) is 2. The average molecular weight is 257 g/mol. The van der Waals surface area contributed by atoms with E-state index in [2.05, 4.69) is 10.1 Å². The maximum Gasteiger partial charge on any atom is 0.408 e. The predicted octanol–water partition coefficient (Wildman–Crippen LogP) is 2.41. The molecule has 104 valence electrons. The standard InChI is InChI=1S/C13H23NO4/c1-9(10(15)17-7)8-13(5,6)14-11(16)18-12(2,3)4/h8H,1-7H3,(H,14,16)/b9-8-. The molecule has 0 atom stereocenters. The van der Waals surface area contributed by atoms with Gasteiger partial charge in [-0.15, -0.1) is 0 Å². The molecule has 0 fully saturated rings. The van der Waals surface area contributed by atoms with Gasteiger partial charge in [-0.2, -0.15) is 0 Å². The Labute approximate surface area is 109 Å². The first-order valence-electron chi connectivity index (χ1n) is 5.76. The van der Waals surface area contributed by atoms with Gasteiger partial charge in [-0.25, -0.2) is 9.59 Å². The lowest BCUT2D eigenvalue weighted by atomic mass is 10.0. The summed E-state index contributed by atoms with van der Waals surface area (Å²) in [7, 11) is 1.31. The highest BCUT2D eigenvalue weighted by molar-refractivity contribution is 5.88. The zero-order valence-electron chi connectivity index (χ0n) is 12.2. The van der Waals surface area contributed by atoms with Crippen molar-refractivity contribution in [1.82, 2.24) is 5.32 Å². The van der Waals surface area contributed by atoms with E-state index in [1.165, 1.54) is 7.11 Å². The maximum absolute atomic E-state index is 11.6. The van der Waals surface area contributed by atoms with Crippen molar-refractivity contribution in [2.45, 2.75) is 52.7 Å². The van der Waals surface area contributed by atoms with E-state index < -0.39 is 23.2 Å². The van der Waals surface area contributed by atoms with Crippen LogP contribution >= 0.6 is 0 Å². The Kier molecular flexibility index (Phi) is 5.39. The van der Waals surface area contributed by atoms with E-state index in [1.807, 2.05) is 0 Å². The first kappa shape index (κ1) is 16.5. The summed E-state index contributed by atoms with van der Waals surface area (Å²) in [5, 5.41) is 2.68. The number of hydrogen-bond acceptors (Lipinski definition) is 4. The molecule has 0 aromatic heterocycles. The van der Waals surface area contributed by atoms with Gasteiger partial charge in [-0.1, -0.05) is 0 Å². The molecule has 0 aliphatic rings. The van der Waals surface area contributed by atoms with E-state index in [4.69, 9.17) is 4.74 Å². The third-order valence-corrected chi connectivity index (χ3v) is 1.91. The number of nitrogens with one attached hydrogen (secondary N) is 1. The molecule has 1 N–H and O–H groups in total. The van der Waals surface area contributed by atoms with Crippen molar-refractivity contribution in [3.63, 3.8) is 0 Å². The fraction of sp³-hybridized carbons (Fsp3) is 0.692. The van der Waals surface area contributed by atoms with E-state index in [0.717, 1.165) is 0 Å². The van der Waals surface area contributed by atoms with Crippen molar-refractivity contribution in [2.24, 2.45) is 0 Å². The molecule has 0 aromatic carbocycles. The second kappa shape index (κ2) is 5.89. The first-order chi connectivity index (χ1) is 7.97. The van der Waals surface area contributed by atoms with Gasteiger partial charge in [0.2, 0.25) is 0 Å². The number of methoxy groups -OCH3 is 1. The molecular formula is C13H23NO4. The highest BCUT2D eigenvalue weighted by Crippen LogP contribution is 2.12. The molecule has 1 amide bonds. The van der Waals surface area contributed by atoms with Gasteiger partial charge in [-0.3, -0.25) is 0 Å². The lowest BCUT2D eigenvalue weighted by Crippen LogP contribution is -2.44. The molecule has 0 spiro atoms. The topological polar surface area (TPSA) is 64.6 Å². The summed E-state index contributed by atoms with van der Waals surface area (Å²) in [4.78, 5) is 22.9. The van der Waals surface area contributed by atoms with Crippen LogP contribution in [0.3, 0.4) is 0 Å². The number of hydrogen-bond donors (Lipinski definition) is 1. The lowest BCUT2D eigenvalue weighted by molar-refractivity contribution is -0.136. The van der Waals surface area contributed by atoms with Crippen LogP contribution in [-0.2, 0) is 14.3 Å². The zero-order valence-corrected chi connectivity index (χ0v) is 12.2. The first-order valence-corrected chi connectivity index (χ1v) is 5.76. The van der Waals surface area contributed by atoms with Gasteiger partial charge in [-0.05, 0) is 47.6 Å². The van der Waals surface area contributed by atoms with E-state index in [1.54, 1.807) is 47.6 Å². The second-order valence-electron chi connectivity index (χ2n) is 5.67. The number of carbonyl (C=O) groups is 2. The highest BCUT2D eigenvalue weighted by atomic mass is 16.6. The molecule has 18 heavy (non-hydrogen) atoms. The zero-order chi connectivity index (χ0) is 14.6. The van der Waals surface area contributed by atoms with Crippen LogP contribution in [0.2, 0.25) is 0 Å². The van der Waals surface area contributed by atoms with Gasteiger partial charge < -0.3 is 14.8 Å². The number of amides is 1. The Morgan fingerprint density at radius 3 is 2.00 bits per heavy atom. The Bertz CT molecular complexity index is 350. The maximum atomic E-state index is 11.6. The molecule has 5 nitrogen and oxygen atoms in total. The van der Waals surface area contributed by atoms with Crippen LogP contribution in [0.1, 0.15) is 41.5 Å². The summed E-state index contributed by atoms with van der Waals surface area (Å²) >= 11 is 0. The molecule has 0 heterocycles. The summed E-state index contributed by atoms with van der Waals surface area (Å²) in [6, 6.07) is 0. The Balaban J connectivity index is 4.67. The van der Waals surface area contributed by atoms with Crippen LogP contribution in [0.4, 0.5) is 4.79 Å². The monoisotopic (exact) mass is 257 g/mol. The van der Waals surface area contributed by atoms with Crippen LogP contribution < -0.4 is 5.32 Å². The Morgan fingerprint density at radius 2 is 1.61 bits per heavy atom. The second-order valence-corrected chi connectivity index (χ2v) is 5.67. The highest BCUT2D eigenvalue weighted by Gasteiger charge is 2.23. The van der Waals surface area contributed by atoms with Gasteiger partial charge in [0, 0.05) is 5.57 Å². The van der Waals surface area contributed by atoms with Crippen molar-refractivity contribution in [2.75, 3.05) is 7.11 Å². The number of esters is 1. The van der Waals surface area contributed by atoms with Gasteiger partial charge in [0.15, 0.2) is 0 Å². The number of alkyl carbamates (subject to hydrolysis) is 1. The third kappa shape index (κ3) is 6.93. The minimum atomic E-state index is -0.694. The SMILES string of the molecule is COC(=O)/C(C)=C\C(C)(C)NC(=O)OC(C)(C)C. The quantitative estimate of drug-likeness (QED) is 0.623. The summed E-state index contributed by atoms with van der Waals surface area (Å²) in [6.07, 6.45) is 1.10. The van der Waals surface area contributed by atoms with E-state index in [-0.39, 0.29) is 0 Å². The van der Waals surface area contributed by atoms with Crippen LogP contribution in [0.25, 0.3) is 0 Å². The normalized spacial score (nSPS) is 12.9. The average Bonchev–Trinajstić information content (AvgIpc) is 2.10. The van der Waals surface area contributed by atoms with Crippen molar-refractivity contribution in [3.8, 4) is 0 Å². The van der Waals surface area contributed by atoms with Crippen molar-refractivity contribution in [1.29, 1.82) is 0 Å². The molecular weight excluding hydrogens is 234 g/mol. The molecule has 0 unspecified atom stereocenters. The summed E-state index contributed by atoms with van der Waals surface area (Å²) < 4.78 is 9.74. The minimum Gasteiger partial charge on any atom is -0.466 e. The number of carbonyl (C=O) groups excluding carboxylic acids is 2. The molecule has 0 radical (unpaired) electrons.